The number of carbonyl (C=O) groups is 2. The molecule has 2 heterocycles. The molecule has 37 heavy (non-hydrogen) atoms. The first-order chi connectivity index (χ1) is 18.0. The Hall–Kier alpha value is -4.24. The SMILES string of the molecule is CN1CCCC[C@@H]1[C@H](NC(=O)Nc1cc(F)c2[nH]nc(NC(=O)c3ccccc3)c2c1)c1ccccc1. The molecule has 0 saturated carbocycles. The number of likely N-dealkylation sites (N-methyl/N-ethyl adjacent to an activating group) is 1. The number of halogens is 1. The maximum absolute atomic E-state index is 14.9. The van der Waals surface area contributed by atoms with Gasteiger partial charge in [0.1, 0.15) is 5.52 Å². The summed E-state index contributed by atoms with van der Waals surface area (Å²) in [6, 6.07) is 20.8. The van der Waals surface area contributed by atoms with E-state index in [0.29, 0.717) is 10.9 Å². The lowest BCUT2D eigenvalue weighted by atomic mass is 9.91. The van der Waals surface area contributed by atoms with Gasteiger partial charge in [0.2, 0.25) is 0 Å². The highest BCUT2D eigenvalue weighted by Crippen LogP contribution is 2.29. The van der Waals surface area contributed by atoms with Crippen LogP contribution in [-0.2, 0) is 0 Å². The van der Waals surface area contributed by atoms with Crippen molar-refractivity contribution < 1.29 is 14.0 Å². The van der Waals surface area contributed by atoms with Crippen LogP contribution in [0.5, 0.6) is 0 Å². The number of likely N-dealkylation sites (tertiary alicyclic amines) is 1. The van der Waals surface area contributed by atoms with Crippen LogP contribution in [0.15, 0.2) is 72.8 Å². The first-order valence-electron chi connectivity index (χ1n) is 12.4. The van der Waals surface area contributed by atoms with Crippen LogP contribution in [-0.4, -0.2) is 46.7 Å². The number of hydrogen-bond acceptors (Lipinski definition) is 4. The van der Waals surface area contributed by atoms with Gasteiger partial charge in [0.05, 0.1) is 6.04 Å². The minimum Gasteiger partial charge on any atom is -0.329 e. The zero-order chi connectivity index (χ0) is 25.8. The van der Waals surface area contributed by atoms with Gasteiger partial charge in [-0.15, -0.1) is 0 Å². The van der Waals surface area contributed by atoms with Crippen molar-refractivity contribution in [2.45, 2.75) is 31.3 Å². The minimum absolute atomic E-state index is 0.139. The lowest BCUT2D eigenvalue weighted by molar-refractivity contribution is 0.102. The summed E-state index contributed by atoms with van der Waals surface area (Å²) in [5.74, 6) is -0.780. The Morgan fingerprint density at radius 3 is 2.49 bits per heavy atom. The number of piperidine rings is 1. The minimum atomic E-state index is -0.591. The number of aromatic amines is 1. The predicted octanol–water partition coefficient (Wildman–Crippen LogP) is 5.30. The van der Waals surface area contributed by atoms with E-state index in [1.54, 1.807) is 30.3 Å². The first kappa shape index (κ1) is 24.5. The van der Waals surface area contributed by atoms with E-state index in [9.17, 15) is 14.0 Å². The molecular weight excluding hydrogens is 471 g/mol. The Kier molecular flexibility index (Phi) is 7.14. The summed E-state index contributed by atoms with van der Waals surface area (Å²) in [4.78, 5) is 28.0. The number of carbonyl (C=O) groups excluding carboxylic acids is 2. The number of H-pyrrole nitrogens is 1. The van der Waals surface area contributed by atoms with E-state index < -0.39 is 11.8 Å². The first-order valence-corrected chi connectivity index (χ1v) is 12.4. The number of nitrogens with zero attached hydrogens (tertiary/aromatic N) is 2. The fraction of sp³-hybridized carbons (Fsp3) is 0.250. The van der Waals surface area contributed by atoms with Gasteiger partial charge in [0, 0.05) is 22.7 Å². The van der Waals surface area contributed by atoms with E-state index in [1.807, 2.05) is 36.4 Å². The second-order valence-electron chi connectivity index (χ2n) is 9.30. The van der Waals surface area contributed by atoms with Crippen LogP contribution in [0.2, 0.25) is 0 Å². The van der Waals surface area contributed by atoms with Gasteiger partial charge >= 0.3 is 6.03 Å². The van der Waals surface area contributed by atoms with Crippen molar-refractivity contribution in [2.24, 2.45) is 0 Å². The van der Waals surface area contributed by atoms with E-state index >= 15 is 0 Å². The average molecular weight is 501 g/mol. The summed E-state index contributed by atoms with van der Waals surface area (Å²) in [6.07, 6.45) is 3.20. The number of benzene rings is 3. The van der Waals surface area contributed by atoms with Crippen LogP contribution >= 0.6 is 0 Å². The molecule has 4 aromatic rings. The molecule has 1 aliphatic rings. The van der Waals surface area contributed by atoms with Gasteiger partial charge in [0.25, 0.3) is 5.91 Å². The van der Waals surface area contributed by atoms with Crippen molar-refractivity contribution in [1.82, 2.24) is 20.4 Å². The van der Waals surface area contributed by atoms with E-state index in [0.717, 1.165) is 31.4 Å². The average Bonchev–Trinajstić information content (AvgIpc) is 3.31. The maximum atomic E-state index is 14.9. The lowest BCUT2D eigenvalue weighted by Crippen LogP contribution is -2.48. The second kappa shape index (κ2) is 10.8. The smallest absolute Gasteiger partial charge is 0.319 e. The monoisotopic (exact) mass is 500 g/mol. The van der Waals surface area contributed by atoms with E-state index in [1.165, 1.54) is 6.07 Å². The van der Waals surface area contributed by atoms with E-state index in [4.69, 9.17) is 0 Å². The van der Waals surface area contributed by atoms with Crippen LogP contribution in [0.4, 0.5) is 20.7 Å². The summed E-state index contributed by atoms with van der Waals surface area (Å²) >= 11 is 0. The number of nitrogens with one attached hydrogen (secondary N) is 4. The van der Waals surface area contributed by atoms with E-state index in [-0.39, 0.29) is 35.0 Å². The molecular formula is C28H29FN6O2. The van der Waals surface area contributed by atoms with Crippen molar-refractivity contribution in [3.05, 3.63) is 89.7 Å². The zero-order valence-electron chi connectivity index (χ0n) is 20.5. The lowest BCUT2D eigenvalue weighted by Gasteiger charge is -2.38. The summed E-state index contributed by atoms with van der Waals surface area (Å²) in [6.45, 7) is 0.969. The molecule has 1 saturated heterocycles. The highest BCUT2D eigenvalue weighted by atomic mass is 19.1. The number of anilines is 2. The van der Waals surface area contributed by atoms with Gasteiger partial charge < -0.3 is 20.9 Å². The molecule has 0 bridgehead atoms. The molecule has 0 radical (unpaired) electrons. The maximum Gasteiger partial charge on any atom is 0.319 e. The summed E-state index contributed by atoms with van der Waals surface area (Å²) in [7, 11) is 2.08. The van der Waals surface area contributed by atoms with Crippen molar-refractivity contribution in [3.63, 3.8) is 0 Å². The van der Waals surface area contributed by atoms with Crippen molar-refractivity contribution in [1.29, 1.82) is 0 Å². The van der Waals surface area contributed by atoms with Crippen LogP contribution in [0.1, 0.15) is 41.2 Å². The second-order valence-corrected chi connectivity index (χ2v) is 9.30. The number of aromatic nitrogens is 2. The van der Waals surface area contributed by atoms with Crippen molar-refractivity contribution in [3.8, 4) is 0 Å². The topological polar surface area (TPSA) is 102 Å². The van der Waals surface area contributed by atoms with Gasteiger partial charge in [-0.1, -0.05) is 55.0 Å². The Morgan fingerprint density at radius 1 is 1.03 bits per heavy atom. The van der Waals surface area contributed by atoms with Crippen LogP contribution < -0.4 is 16.0 Å². The molecule has 8 nitrogen and oxygen atoms in total. The summed E-state index contributed by atoms with van der Waals surface area (Å²) in [5.41, 5.74) is 1.86. The third-order valence-corrected chi connectivity index (χ3v) is 6.81. The third kappa shape index (κ3) is 5.46. The van der Waals surface area contributed by atoms with Gasteiger partial charge in [0.15, 0.2) is 11.6 Å². The molecule has 0 spiro atoms. The molecule has 2 atom stereocenters. The number of rotatable bonds is 6. The highest BCUT2D eigenvalue weighted by Gasteiger charge is 2.30. The Morgan fingerprint density at radius 2 is 1.76 bits per heavy atom. The van der Waals surface area contributed by atoms with Crippen LogP contribution in [0.25, 0.3) is 10.9 Å². The number of urea groups is 1. The quantitative estimate of drug-likeness (QED) is 0.288. The number of fused-ring (bicyclic) bond motifs is 1. The molecule has 1 aromatic heterocycles. The van der Waals surface area contributed by atoms with Gasteiger partial charge in [-0.3, -0.25) is 9.89 Å². The summed E-state index contributed by atoms with van der Waals surface area (Å²) < 4.78 is 14.9. The van der Waals surface area contributed by atoms with Crippen molar-refractivity contribution in [2.75, 3.05) is 24.2 Å². The van der Waals surface area contributed by atoms with Crippen LogP contribution in [0.3, 0.4) is 0 Å². The van der Waals surface area contributed by atoms with Gasteiger partial charge in [-0.05, 0) is 56.3 Å². The highest BCUT2D eigenvalue weighted by molar-refractivity contribution is 6.08. The Balaban J connectivity index is 1.36. The molecule has 1 fully saturated rings. The predicted molar refractivity (Wildman–Crippen MR) is 142 cm³/mol. The van der Waals surface area contributed by atoms with Crippen LogP contribution in [0, 0.1) is 5.82 Å². The molecule has 3 amide bonds. The Bertz CT molecular complexity index is 1390. The van der Waals surface area contributed by atoms with E-state index in [2.05, 4.69) is 38.1 Å². The fourth-order valence-corrected chi connectivity index (χ4v) is 4.91. The molecule has 0 aliphatic carbocycles. The molecule has 1 aliphatic heterocycles. The van der Waals surface area contributed by atoms with Crippen molar-refractivity contribution >= 4 is 34.3 Å². The molecule has 190 valence electrons. The Labute approximate surface area is 214 Å². The normalized spacial score (nSPS) is 16.8. The number of hydrogen-bond donors (Lipinski definition) is 4. The largest absolute Gasteiger partial charge is 0.329 e. The summed E-state index contributed by atoms with van der Waals surface area (Å²) in [5, 5.41) is 15.6. The molecule has 0 unspecified atom stereocenters. The molecule has 4 N–H and O–H groups in total. The van der Waals surface area contributed by atoms with Gasteiger partial charge in [-0.25, -0.2) is 9.18 Å². The standard InChI is InChI=1S/C28H29FN6O2/c1-35-15-9-8-14-23(35)24(18-10-4-2-5-11-18)31-28(37)30-20-16-21-25(22(29)17-20)33-34-26(21)32-27(36)19-12-6-3-7-13-19/h2-7,10-13,16-17,23-24H,8-9,14-15H2,1H3,(H2,30,31,37)(H2,32,33,34,36)/t23-,24-/m1/s1. The molecule has 3 aromatic carbocycles. The zero-order valence-corrected chi connectivity index (χ0v) is 20.5. The number of amides is 3. The molecule has 5 rings (SSSR count). The third-order valence-electron chi connectivity index (χ3n) is 6.81. The van der Waals surface area contributed by atoms with Gasteiger partial charge in [-0.2, -0.15) is 5.10 Å². The molecule has 9 heteroatoms. The fourth-order valence-electron chi connectivity index (χ4n) is 4.91.